The minimum absolute atomic E-state index is 0.0564. The number of nitrogens with one attached hydrogen (secondary N) is 2. The van der Waals surface area contributed by atoms with Crippen LogP contribution in [0.5, 0.6) is 0 Å². The second-order valence-electron chi connectivity index (χ2n) is 4.92. The third-order valence-corrected chi connectivity index (χ3v) is 3.59. The van der Waals surface area contributed by atoms with Crippen molar-refractivity contribution in [2.75, 3.05) is 18.4 Å². The van der Waals surface area contributed by atoms with Crippen molar-refractivity contribution in [1.82, 2.24) is 20.3 Å². The monoisotopic (exact) mass is 289 g/mol. The molecule has 110 valence electrons. The zero-order valence-electron chi connectivity index (χ0n) is 11.3. The maximum absolute atomic E-state index is 12.1. The van der Waals surface area contributed by atoms with Gasteiger partial charge in [0.15, 0.2) is 5.82 Å². The summed E-state index contributed by atoms with van der Waals surface area (Å²) in [4.78, 5) is 25.9. The quantitative estimate of drug-likeness (QED) is 0.873. The van der Waals surface area contributed by atoms with Crippen molar-refractivity contribution < 1.29 is 14.0 Å². The van der Waals surface area contributed by atoms with Gasteiger partial charge in [-0.3, -0.25) is 9.59 Å². The number of piperidine rings is 1. The van der Waals surface area contributed by atoms with Gasteiger partial charge in [0, 0.05) is 19.0 Å². The highest BCUT2D eigenvalue weighted by atomic mass is 16.3. The Hall–Kier alpha value is -2.64. The first-order chi connectivity index (χ1) is 10.2. The highest BCUT2D eigenvalue weighted by molar-refractivity contribution is 5.94. The van der Waals surface area contributed by atoms with Gasteiger partial charge in [-0.15, -0.1) is 5.10 Å². The fourth-order valence-electron chi connectivity index (χ4n) is 2.40. The van der Waals surface area contributed by atoms with Crippen LogP contribution in [0.15, 0.2) is 29.2 Å². The van der Waals surface area contributed by atoms with Gasteiger partial charge in [0.25, 0.3) is 5.91 Å². The number of nitrogens with zero attached hydrogens (tertiary/aromatic N) is 3. The summed E-state index contributed by atoms with van der Waals surface area (Å²) in [6.07, 6.45) is 5.63. The number of aromatic amines is 1. The summed E-state index contributed by atoms with van der Waals surface area (Å²) < 4.78 is 4.92. The van der Waals surface area contributed by atoms with E-state index in [0.717, 1.165) is 0 Å². The molecular weight excluding hydrogens is 274 g/mol. The Morgan fingerprint density at radius 2 is 2.19 bits per heavy atom. The van der Waals surface area contributed by atoms with E-state index in [9.17, 15) is 9.59 Å². The van der Waals surface area contributed by atoms with E-state index in [0.29, 0.717) is 37.3 Å². The van der Waals surface area contributed by atoms with E-state index in [2.05, 4.69) is 20.7 Å². The van der Waals surface area contributed by atoms with Gasteiger partial charge in [0.1, 0.15) is 6.26 Å². The highest BCUT2D eigenvalue weighted by Crippen LogP contribution is 2.20. The van der Waals surface area contributed by atoms with Gasteiger partial charge >= 0.3 is 0 Å². The van der Waals surface area contributed by atoms with Crippen molar-refractivity contribution in [1.29, 1.82) is 0 Å². The second kappa shape index (κ2) is 5.78. The number of rotatable bonds is 3. The van der Waals surface area contributed by atoms with Gasteiger partial charge in [0.2, 0.25) is 5.91 Å². The van der Waals surface area contributed by atoms with Crippen LogP contribution < -0.4 is 5.32 Å². The van der Waals surface area contributed by atoms with E-state index in [-0.39, 0.29) is 17.7 Å². The average Bonchev–Trinajstić information content (AvgIpc) is 3.20. The van der Waals surface area contributed by atoms with E-state index in [1.54, 1.807) is 11.0 Å². The Kier molecular flexibility index (Phi) is 3.67. The third kappa shape index (κ3) is 2.93. The molecule has 2 amide bonds. The molecule has 21 heavy (non-hydrogen) atoms. The van der Waals surface area contributed by atoms with Crippen LogP contribution in [0.3, 0.4) is 0 Å². The van der Waals surface area contributed by atoms with Crippen LogP contribution in [0.4, 0.5) is 5.82 Å². The molecule has 0 aromatic carbocycles. The molecule has 2 aromatic rings. The summed E-state index contributed by atoms with van der Waals surface area (Å²) in [5, 5.41) is 12.6. The molecule has 1 fully saturated rings. The van der Waals surface area contributed by atoms with Crippen molar-refractivity contribution in [3.05, 3.63) is 30.4 Å². The summed E-state index contributed by atoms with van der Waals surface area (Å²) in [6.45, 7) is 1.11. The molecule has 2 aromatic heterocycles. The summed E-state index contributed by atoms with van der Waals surface area (Å²) in [7, 11) is 0. The number of likely N-dealkylation sites (tertiary alicyclic amines) is 1. The molecule has 1 aliphatic rings. The molecule has 0 aliphatic carbocycles. The molecular formula is C13H15N5O3. The molecule has 0 atom stereocenters. The lowest BCUT2D eigenvalue weighted by atomic mass is 9.95. The van der Waals surface area contributed by atoms with Crippen molar-refractivity contribution in [2.24, 2.45) is 5.92 Å². The predicted molar refractivity (Wildman–Crippen MR) is 72.3 cm³/mol. The van der Waals surface area contributed by atoms with Crippen molar-refractivity contribution in [3.63, 3.8) is 0 Å². The minimum Gasteiger partial charge on any atom is -0.472 e. The zero-order chi connectivity index (χ0) is 14.7. The van der Waals surface area contributed by atoms with E-state index in [1.165, 1.54) is 18.7 Å². The summed E-state index contributed by atoms with van der Waals surface area (Å²) in [6, 6.07) is 1.64. The van der Waals surface area contributed by atoms with Crippen molar-refractivity contribution in [2.45, 2.75) is 12.8 Å². The number of hydrogen-bond acceptors (Lipinski definition) is 5. The Labute approximate surface area is 120 Å². The first-order valence-corrected chi connectivity index (χ1v) is 6.72. The van der Waals surface area contributed by atoms with Gasteiger partial charge in [-0.05, 0) is 18.9 Å². The maximum atomic E-state index is 12.1. The van der Waals surface area contributed by atoms with Gasteiger partial charge in [-0.1, -0.05) is 0 Å². The van der Waals surface area contributed by atoms with Gasteiger partial charge < -0.3 is 14.6 Å². The Bertz CT molecular complexity index is 600. The van der Waals surface area contributed by atoms with Crippen LogP contribution in [0.1, 0.15) is 23.2 Å². The molecule has 1 aliphatic heterocycles. The number of carbonyl (C=O) groups is 2. The van der Waals surface area contributed by atoms with Crippen LogP contribution in [-0.4, -0.2) is 45.2 Å². The number of aromatic nitrogens is 3. The van der Waals surface area contributed by atoms with E-state index < -0.39 is 0 Å². The van der Waals surface area contributed by atoms with E-state index >= 15 is 0 Å². The zero-order valence-corrected chi connectivity index (χ0v) is 11.3. The van der Waals surface area contributed by atoms with Crippen LogP contribution in [0.2, 0.25) is 0 Å². The third-order valence-electron chi connectivity index (χ3n) is 3.59. The fourth-order valence-corrected chi connectivity index (χ4v) is 2.40. The lowest BCUT2D eigenvalue weighted by Crippen LogP contribution is -2.41. The second-order valence-corrected chi connectivity index (χ2v) is 4.92. The molecule has 3 heterocycles. The summed E-state index contributed by atoms with van der Waals surface area (Å²) >= 11 is 0. The number of hydrogen-bond donors (Lipinski definition) is 2. The van der Waals surface area contributed by atoms with Gasteiger partial charge in [-0.25, -0.2) is 0 Å². The molecule has 8 nitrogen and oxygen atoms in total. The average molecular weight is 289 g/mol. The number of anilines is 1. The maximum Gasteiger partial charge on any atom is 0.257 e. The van der Waals surface area contributed by atoms with Gasteiger partial charge in [0.05, 0.1) is 18.0 Å². The van der Waals surface area contributed by atoms with Crippen LogP contribution in [-0.2, 0) is 4.79 Å². The highest BCUT2D eigenvalue weighted by Gasteiger charge is 2.28. The molecule has 8 heteroatoms. The first-order valence-electron chi connectivity index (χ1n) is 6.72. The molecule has 0 spiro atoms. The molecule has 1 saturated heterocycles. The molecule has 2 N–H and O–H groups in total. The molecule has 0 bridgehead atoms. The molecule has 3 rings (SSSR count). The van der Waals surface area contributed by atoms with E-state index in [4.69, 9.17) is 4.42 Å². The standard InChI is InChI=1S/C13H15N5O3/c19-12(15-11-7-14-17-16-11)9-1-4-18(5-2-9)13(20)10-3-6-21-8-10/h3,6-9H,1-2,4-5H2,(H2,14,15,16,17,19). The SMILES string of the molecule is O=C(Nc1cn[nH]n1)C1CCN(C(=O)c2ccoc2)CC1. The summed E-state index contributed by atoms with van der Waals surface area (Å²) in [5.41, 5.74) is 0.542. The summed E-state index contributed by atoms with van der Waals surface area (Å²) in [5.74, 6) is 0.158. The first kappa shape index (κ1) is 13.3. The Morgan fingerprint density at radius 3 is 2.81 bits per heavy atom. The lowest BCUT2D eigenvalue weighted by molar-refractivity contribution is -0.121. The smallest absolute Gasteiger partial charge is 0.257 e. The normalized spacial score (nSPS) is 15.9. The Balaban J connectivity index is 1.53. The molecule has 0 saturated carbocycles. The number of carbonyl (C=O) groups excluding carboxylic acids is 2. The van der Waals surface area contributed by atoms with Crippen molar-refractivity contribution in [3.8, 4) is 0 Å². The van der Waals surface area contributed by atoms with Gasteiger partial charge in [-0.2, -0.15) is 10.3 Å². The van der Waals surface area contributed by atoms with Crippen LogP contribution in [0, 0.1) is 5.92 Å². The number of amides is 2. The minimum atomic E-state index is -0.116. The van der Waals surface area contributed by atoms with E-state index in [1.807, 2.05) is 0 Å². The van der Waals surface area contributed by atoms with Crippen LogP contribution >= 0.6 is 0 Å². The lowest BCUT2D eigenvalue weighted by Gasteiger charge is -2.30. The Morgan fingerprint density at radius 1 is 1.38 bits per heavy atom. The fraction of sp³-hybridized carbons (Fsp3) is 0.385. The predicted octanol–water partition coefficient (Wildman–Crippen LogP) is 0.889. The number of H-pyrrole nitrogens is 1. The number of furan rings is 1. The van der Waals surface area contributed by atoms with Crippen LogP contribution in [0.25, 0.3) is 0 Å². The molecule has 0 unspecified atom stereocenters. The van der Waals surface area contributed by atoms with Crippen molar-refractivity contribution >= 4 is 17.6 Å². The topological polar surface area (TPSA) is 104 Å². The largest absolute Gasteiger partial charge is 0.472 e. The molecule has 0 radical (unpaired) electrons.